The van der Waals surface area contributed by atoms with Crippen LogP contribution in [-0.2, 0) is 6.42 Å². The SMILES string of the molecule is [C]1NCCc2[nH]cnc21. The van der Waals surface area contributed by atoms with Crippen molar-refractivity contribution < 1.29 is 0 Å². The Morgan fingerprint density at radius 1 is 1.67 bits per heavy atom. The van der Waals surface area contributed by atoms with Gasteiger partial charge in [0.15, 0.2) is 0 Å². The molecule has 1 aromatic heterocycles. The maximum Gasteiger partial charge on any atom is 0.116 e. The fourth-order valence-corrected chi connectivity index (χ4v) is 0.953. The Bertz CT molecular complexity index is 183. The zero-order chi connectivity index (χ0) is 6.10. The van der Waals surface area contributed by atoms with Crippen LogP contribution in [0.1, 0.15) is 11.4 Å². The second-order valence-corrected chi connectivity index (χ2v) is 2.03. The number of nitrogens with one attached hydrogen (secondary N) is 2. The molecule has 2 radical (unpaired) electrons. The summed E-state index contributed by atoms with van der Waals surface area (Å²) < 4.78 is 0. The largest absolute Gasteiger partial charge is 0.348 e. The zero-order valence-electron chi connectivity index (χ0n) is 4.94. The Morgan fingerprint density at radius 2 is 2.67 bits per heavy atom. The summed E-state index contributed by atoms with van der Waals surface area (Å²) in [4.78, 5) is 7.07. The number of rotatable bonds is 0. The molecule has 9 heavy (non-hydrogen) atoms. The van der Waals surface area contributed by atoms with E-state index in [0.29, 0.717) is 0 Å². The Labute approximate surface area is 53.5 Å². The third-order valence-electron chi connectivity index (χ3n) is 1.43. The summed E-state index contributed by atoms with van der Waals surface area (Å²) in [5.41, 5.74) is 2.12. The van der Waals surface area contributed by atoms with Crippen molar-refractivity contribution >= 4 is 0 Å². The quantitative estimate of drug-likeness (QED) is 0.505. The third-order valence-corrected chi connectivity index (χ3v) is 1.43. The van der Waals surface area contributed by atoms with Crippen molar-refractivity contribution in [1.29, 1.82) is 0 Å². The van der Waals surface area contributed by atoms with E-state index < -0.39 is 0 Å². The molecule has 2 heterocycles. The highest BCUT2D eigenvalue weighted by Crippen LogP contribution is 2.07. The summed E-state index contributed by atoms with van der Waals surface area (Å²) in [6, 6.07) is 0. The average Bonchev–Trinajstić information content (AvgIpc) is 2.33. The molecule has 0 saturated heterocycles. The van der Waals surface area contributed by atoms with Gasteiger partial charge in [-0.3, -0.25) is 0 Å². The highest BCUT2D eigenvalue weighted by molar-refractivity contribution is 5.21. The molecule has 2 rings (SSSR count). The Morgan fingerprint density at radius 3 is 3.56 bits per heavy atom. The number of hydrogen-bond acceptors (Lipinski definition) is 2. The van der Waals surface area contributed by atoms with Gasteiger partial charge in [-0.2, -0.15) is 0 Å². The van der Waals surface area contributed by atoms with Crippen molar-refractivity contribution in [3.05, 3.63) is 24.3 Å². The van der Waals surface area contributed by atoms with Gasteiger partial charge in [0, 0.05) is 18.7 Å². The second-order valence-electron chi connectivity index (χ2n) is 2.03. The molecule has 0 spiro atoms. The highest BCUT2D eigenvalue weighted by atomic mass is 15.0. The molecule has 0 bridgehead atoms. The number of imidazole rings is 1. The number of aromatic amines is 1. The van der Waals surface area contributed by atoms with Gasteiger partial charge in [-0.15, -0.1) is 0 Å². The fraction of sp³-hybridized carbons (Fsp3) is 0.333. The standard InChI is InChI=1S/C6H7N3/c1-2-7-3-6-5(1)8-4-9-6/h4,7H,1-2H2,(H,8,9). The average molecular weight is 121 g/mol. The first-order valence-corrected chi connectivity index (χ1v) is 2.98. The van der Waals surface area contributed by atoms with Crippen LogP contribution in [0.3, 0.4) is 0 Å². The van der Waals surface area contributed by atoms with Crippen molar-refractivity contribution in [3.63, 3.8) is 0 Å². The predicted molar refractivity (Wildman–Crippen MR) is 32.6 cm³/mol. The molecular formula is C6H7N3. The van der Waals surface area contributed by atoms with E-state index in [1.54, 1.807) is 6.33 Å². The molecular weight excluding hydrogens is 114 g/mol. The van der Waals surface area contributed by atoms with Crippen LogP contribution in [-0.4, -0.2) is 16.5 Å². The molecule has 1 aliphatic rings. The molecule has 1 aromatic rings. The summed E-state index contributed by atoms with van der Waals surface area (Å²) in [7, 11) is 0. The molecule has 2 N–H and O–H groups in total. The van der Waals surface area contributed by atoms with Crippen LogP contribution in [0.5, 0.6) is 0 Å². The third kappa shape index (κ3) is 0.733. The van der Waals surface area contributed by atoms with E-state index in [0.717, 1.165) is 18.7 Å². The molecule has 0 unspecified atom stereocenters. The monoisotopic (exact) mass is 121 g/mol. The number of hydrogen-bond donors (Lipinski definition) is 2. The van der Waals surface area contributed by atoms with Crippen molar-refractivity contribution in [2.24, 2.45) is 0 Å². The van der Waals surface area contributed by atoms with E-state index in [2.05, 4.69) is 21.8 Å². The minimum Gasteiger partial charge on any atom is -0.348 e. The van der Waals surface area contributed by atoms with E-state index in [9.17, 15) is 0 Å². The number of fused-ring (bicyclic) bond motifs is 1. The van der Waals surface area contributed by atoms with E-state index in [-0.39, 0.29) is 0 Å². The summed E-state index contributed by atoms with van der Waals surface area (Å²) in [5.74, 6) is 0. The number of H-pyrrole nitrogens is 1. The van der Waals surface area contributed by atoms with E-state index in [1.807, 2.05) is 0 Å². The molecule has 0 fully saturated rings. The number of aromatic nitrogens is 2. The van der Waals surface area contributed by atoms with E-state index in [1.165, 1.54) is 5.69 Å². The first kappa shape index (κ1) is 4.99. The first-order valence-electron chi connectivity index (χ1n) is 2.98. The molecule has 3 heteroatoms. The summed E-state index contributed by atoms with van der Waals surface area (Å²) in [6.45, 7) is 3.92. The van der Waals surface area contributed by atoms with Crippen molar-refractivity contribution in [1.82, 2.24) is 15.3 Å². The first-order chi connectivity index (χ1) is 4.47. The summed E-state index contributed by atoms with van der Waals surface area (Å²) in [5, 5.41) is 2.99. The Kier molecular flexibility index (Phi) is 1.02. The van der Waals surface area contributed by atoms with E-state index >= 15 is 0 Å². The van der Waals surface area contributed by atoms with Crippen LogP contribution >= 0.6 is 0 Å². The Hall–Kier alpha value is -0.830. The highest BCUT2D eigenvalue weighted by Gasteiger charge is 2.09. The van der Waals surface area contributed by atoms with Crippen LogP contribution in [0.25, 0.3) is 0 Å². The maximum atomic E-state index is 4.03. The van der Waals surface area contributed by atoms with Gasteiger partial charge >= 0.3 is 0 Å². The van der Waals surface area contributed by atoms with Gasteiger partial charge in [0.25, 0.3) is 0 Å². The lowest BCUT2D eigenvalue weighted by molar-refractivity contribution is 0.735. The van der Waals surface area contributed by atoms with Crippen molar-refractivity contribution in [2.45, 2.75) is 6.42 Å². The van der Waals surface area contributed by atoms with Gasteiger partial charge in [0.2, 0.25) is 0 Å². The second kappa shape index (κ2) is 1.84. The smallest absolute Gasteiger partial charge is 0.116 e. The minimum absolute atomic E-state index is 0.932. The van der Waals surface area contributed by atoms with Gasteiger partial charge in [0.1, 0.15) is 6.54 Å². The van der Waals surface area contributed by atoms with Crippen molar-refractivity contribution in [3.8, 4) is 0 Å². The predicted octanol–water partition coefficient (Wildman–Crippen LogP) is -0.0577. The molecule has 0 saturated carbocycles. The molecule has 0 aliphatic carbocycles. The van der Waals surface area contributed by atoms with Crippen LogP contribution in [0.15, 0.2) is 6.33 Å². The van der Waals surface area contributed by atoms with Crippen LogP contribution in [0.4, 0.5) is 0 Å². The molecule has 3 nitrogen and oxygen atoms in total. The molecule has 0 amide bonds. The summed E-state index contributed by atoms with van der Waals surface area (Å²) >= 11 is 0. The normalized spacial score (nSPS) is 17.3. The maximum absolute atomic E-state index is 4.03. The van der Waals surface area contributed by atoms with Crippen LogP contribution in [0, 0.1) is 6.54 Å². The van der Waals surface area contributed by atoms with Gasteiger partial charge in [0.05, 0.1) is 12.0 Å². The molecule has 46 valence electrons. The van der Waals surface area contributed by atoms with Crippen LogP contribution in [0.2, 0.25) is 0 Å². The lowest BCUT2D eigenvalue weighted by Crippen LogP contribution is -2.21. The summed E-state index contributed by atoms with van der Waals surface area (Å²) in [6.07, 6.45) is 2.73. The van der Waals surface area contributed by atoms with Gasteiger partial charge in [-0.05, 0) is 0 Å². The van der Waals surface area contributed by atoms with Gasteiger partial charge in [-0.1, -0.05) is 0 Å². The number of nitrogens with zero attached hydrogens (tertiary/aromatic N) is 1. The Balaban J connectivity index is 2.39. The fourth-order valence-electron chi connectivity index (χ4n) is 0.953. The van der Waals surface area contributed by atoms with Crippen molar-refractivity contribution in [2.75, 3.05) is 6.54 Å². The molecule has 1 aliphatic heterocycles. The zero-order valence-corrected chi connectivity index (χ0v) is 4.94. The molecule has 0 atom stereocenters. The lowest BCUT2D eigenvalue weighted by Gasteiger charge is -2.08. The molecule has 0 aromatic carbocycles. The van der Waals surface area contributed by atoms with E-state index in [4.69, 9.17) is 0 Å². The van der Waals surface area contributed by atoms with Gasteiger partial charge in [-0.25, -0.2) is 4.98 Å². The van der Waals surface area contributed by atoms with Crippen LogP contribution < -0.4 is 5.32 Å². The van der Waals surface area contributed by atoms with Gasteiger partial charge < -0.3 is 10.3 Å². The topological polar surface area (TPSA) is 40.7 Å². The minimum atomic E-state index is 0.932. The lowest BCUT2D eigenvalue weighted by atomic mass is 10.2.